The quantitative estimate of drug-likeness (QED) is 0.142. The number of aromatic hydroxyl groups is 1. The minimum atomic E-state index is 0.0604. The molecule has 5 aliphatic carbocycles. The summed E-state index contributed by atoms with van der Waals surface area (Å²) in [5, 5.41) is 37.4. The third-order valence-corrected chi connectivity index (χ3v) is 15.9. The Morgan fingerprint density at radius 2 is 1.58 bits per heavy atom. The van der Waals surface area contributed by atoms with Gasteiger partial charge in [-0.05, 0) is 152 Å². The van der Waals surface area contributed by atoms with Crippen molar-refractivity contribution in [1.29, 1.82) is 0 Å². The average molecular weight is 621 g/mol. The summed E-state index contributed by atoms with van der Waals surface area (Å²) in [4.78, 5) is 0. The van der Waals surface area contributed by atoms with Crippen LogP contribution in [0.15, 0.2) is 36.4 Å². The highest BCUT2D eigenvalue weighted by Crippen LogP contribution is 2.77. The molecule has 45 heavy (non-hydrogen) atoms. The highest BCUT2D eigenvalue weighted by atomic mass is 16.3. The molecule has 0 radical (unpaired) electrons. The fourth-order valence-electron chi connectivity index (χ4n) is 13.3. The topological polar surface area (TPSA) is 84.8 Å². The molecule has 5 N–H and O–H groups in total. The van der Waals surface area contributed by atoms with Gasteiger partial charge in [-0.1, -0.05) is 58.9 Å². The number of hydrogen-bond donors (Lipinski definition) is 5. The first-order valence-corrected chi connectivity index (χ1v) is 18.5. The van der Waals surface area contributed by atoms with E-state index in [2.05, 4.69) is 51.8 Å². The van der Waals surface area contributed by atoms with Crippen molar-refractivity contribution >= 4 is 0 Å². The molecular weight excluding hydrogens is 556 g/mol. The van der Waals surface area contributed by atoms with Crippen LogP contribution < -0.4 is 10.6 Å². The molecule has 1 aromatic rings. The number of aliphatic hydroxyl groups excluding tert-OH is 2. The van der Waals surface area contributed by atoms with Crippen molar-refractivity contribution < 1.29 is 15.3 Å². The van der Waals surface area contributed by atoms with Gasteiger partial charge >= 0.3 is 0 Å². The van der Waals surface area contributed by atoms with Crippen LogP contribution in [-0.2, 0) is 6.42 Å². The number of fused-ring (bicyclic) bond motifs is 7. The molecule has 0 heterocycles. The molecule has 0 aliphatic heterocycles. The maximum atomic E-state index is 11.0. The Bertz CT molecular complexity index is 1210. The van der Waals surface area contributed by atoms with Gasteiger partial charge in [0.1, 0.15) is 5.75 Å². The van der Waals surface area contributed by atoms with Gasteiger partial charge in [-0.2, -0.15) is 0 Å². The van der Waals surface area contributed by atoms with Gasteiger partial charge < -0.3 is 26.0 Å². The predicted octanol–water partition coefficient (Wildman–Crippen LogP) is 7.10. The standard InChI is InChI=1S/C40H64N2O3/c1-27(25-41-23-24-43)30-13-19-40(26-44)21-20-38(5)31(35(30)40)11-12-33-37(4)17-15-34(36(2,3)32(37)14-18-39(33,38)6)42-22-16-28-7-9-29(45)10-8-28/h7-10,30-35,41-45H,1,11-26H2,2-6H3/t30-,31+,32-,33+,34?,35+,37-,38+,39+,40+/m0/s1. The fourth-order valence-corrected chi connectivity index (χ4v) is 13.3. The van der Waals surface area contributed by atoms with E-state index in [4.69, 9.17) is 0 Å². The lowest BCUT2D eigenvalue weighted by Gasteiger charge is -2.73. The van der Waals surface area contributed by atoms with E-state index in [-0.39, 0.29) is 22.9 Å². The average Bonchev–Trinajstić information content (AvgIpc) is 3.40. The van der Waals surface area contributed by atoms with Crippen LogP contribution in [0.2, 0.25) is 0 Å². The Morgan fingerprint density at radius 3 is 2.29 bits per heavy atom. The Kier molecular flexibility index (Phi) is 9.11. The molecular formula is C40H64N2O3. The first-order valence-electron chi connectivity index (χ1n) is 18.5. The van der Waals surface area contributed by atoms with E-state index in [0.717, 1.165) is 50.6 Å². The number of hydrogen-bond acceptors (Lipinski definition) is 5. The van der Waals surface area contributed by atoms with Crippen LogP contribution in [0.3, 0.4) is 0 Å². The van der Waals surface area contributed by atoms with Gasteiger partial charge in [0.2, 0.25) is 0 Å². The number of nitrogens with one attached hydrogen (secondary N) is 2. The smallest absolute Gasteiger partial charge is 0.115 e. The molecule has 0 saturated heterocycles. The van der Waals surface area contributed by atoms with E-state index in [9.17, 15) is 15.3 Å². The molecule has 5 aliphatic rings. The van der Waals surface area contributed by atoms with Crippen molar-refractivity contribution in [3.05, 3.63) is 42.0 Å². The van der Waals surface area contributed by atoms with E-state index >= 15 is 0 Å². The lowest BCUT2D eigenvalue weighted by molar-refractivity contribution is -0.241. The van der Waals surface area contributed by atoms with Gasteiger partial charge in [0.15, 0.2) is 0 Å². The number of phenolic OH excluding ortho intramolecular Hbond substituents is 1. The normalized spacial score (nSPS) is 43.5. The Morgan fingerprint density at radius 1 is 0.822 bits per heavy atom. The van der Waals surface area contributed by atoms with Gasteiger partial charge in [-0.3, -0.25) is 0 Å². The lowest BCUT2D eigenvalue weighted by Crippen LogP contribution is -2.67. The van der Waals surface area contributed by atoms with Crippen LogP contribution in [0.4, 0.5) is 0 Å². The number of rotatable bonds is 10. The summed E-state index contributed by atoms with van der Waals surface area (Å²) in [5.41, 5.74) is 3.86. The van der Waals surface area contributed by atoms with Gasteiger partial charge in [-0.15, -0.1) is 0 Å². The first kappa shape index (κ1) is 33.5. The highest BCUT2D eigenvalue weighted by Gasteiger charge is 2.70. The molecule has 0 amide bonds. The second kappa shape index (κ2) is 12.2. The maximum absolute atomic E-state index is 11.0. The summed E-state index contributed by atoms with van der Waals surface area (Å²) in [7, 11) is 0. The van der Waals surface area contributed by atoms with Crippen molar-refractivity contribution in [2.24, 2.45) is 56.7 Å². The van der Waals surface area contributed by atoms with Crippen LogP contribution in [-0.4, -0.2) is 54.2 Å². The van der Waals surface area contributed by atoms with Crippen LogP contribution in [0.5, 0.6) is 5.75 Å². The fraction of sp³-hybridized carbons (Fsp3) is 0.800. The molecule has 0 aromatic heterocycles. The summed E-state index contributed by atoms with van der Waals surface area (Å²) in [5.74, 6) is 3.46. The van der Waals surface area contributed by atoms with Gasteiger partial charge in [0.25, 0.3) is 0 Å². The second-order valence-corrected chi connectivity index (χ2v) is 17.7. The van der Waals surface area contributed by atoms with E-state index in [0.29, 0.717) is 53.5 Å². The van der Waals surface area contributed by atoms with E-state index in [1.807, 2.05) is 12.1 Å². The van der Waals surface area contributed by atoms with Crippen molar-refractivity contribution in [3.63, 3.8) is 0 Å². The molecule has 5 fully saturated rings. The monoisotopic (exact) mass is 620 g/mol. The lowest BCUT2D eigenvalue weighted by atomic mass is 9.32. The van der Waals surface area contributed by atoms with Gasteiger partial charge in [0.05, 0.1) is 6.61 Å². The summed E-state index contributed by atoms with van der Waals surface area (Å²) in [6.07, 6.45) is 13.6. The third kappa shape index (κ3) is 5.25. The molecule has 10 atom stereocenters. The van der Waals surface area contributed by atoms with Crippen LogP contribution in [0, 0.1) is 56.7 Å². The number of benzene rings is 1. The van der Waals surface area contributed by atoms with Crippen LogP contribution in [0.25, 0.3) is 0 Å². The largest absolute Gasteiger partial charge is 0.508 e. The van der Waals surface area contributed by atoms with Gasteiger partial charge in [0, 0.05) is 25.7 Å². The number of phenols is 1. The minimum absolute atomic E-state index is 0.0604. The highest BCUT2D eigenvalue weighted by molar-refractivity contribution is 5.26. The summed E-state index contributed by atoms with van der Waals surface area (Å²) in [6, 6.07) is 8.23. The van der Waals surface area contributed by atoms with E-state index in [1.165, 1.54) is 56.1 Å². The van der Waals surface area contributed by atoms with Crippen LogP contribution in [0.1, 0.15) is 104 Å². The Labute approximate surface area is 274 Å². The SMILES string of the molecule is C=C(CNCCO)[C@@H]1CC[C@]2(CO)CC[C@]3(C)[C@H](CC[C@@H]4[C@@]5(C)CCC(NCCc6ccc(O)cc6)C(C)(C)[C@@H]5CC[C@]43C)[C@@H]12. The molecule has 5 saturated carbocycles. The Hall–Kier alpha value is -1.40. The van der Waals surface area contributed by atoms with Crippen LogP contribution >= 0.6 is 0 Å². The summed E-state index contributed by atoms with van der Waals surface area (Å²) in [6.45, 7) is 20.7. The molecule has 1 aromatic carbocycles. The molecule has 5 heteroatoms. The zero-order chi connectivity index (χ0) is 32.3. The van der Waals surface area contributed by atoms with Crippen molar-refractivity contribution in [1.82, 2.24) is 10.6 Å². The van der Waals surface area contributed by atoms with E-state index < -0.39 is 0 Å². The third-order valence-electron chi connectivity index (χ3n) is 15.9. The molecule has 1 unspecified atom stereocenters. The molecule has 5 nitrogen and oxygen atoms in total. The summed E-state index contributed by atoms with van der Waals surface area (Å²) < 4.78 is 0. The Balaban J connectivity index is 1.21. The van der Waals surface area contributed by atoms with Gasteiger partial charge in [-0.25, -0.2) is 0 Å². The molecule has 6 rings (SSSR count). The van der Waals surface area contributed by atoms with Crippen molar-refractivity contribution in [3.8, 4) is 5.75 Å². The number of aliphatic hydroxyl groups is 2. The zero-order valence-corrected chi connectivity index (χ0v) is 29.1. The molecule has 252 valence electrons. The predicted molar refractivity (Wildman–Crippen MR) is 184 cm³/mol. The zero-order valence-electron chi connectivity index (χ0n) is 29.1. The minimum Gasteiger partial charge on any atom is -0.508 e. The van der Waals surface area contributed by atoms with Crippen molar-refractivity contribution in [2.75, 3.05) is 32.8 Å². The maximum Gasteiger partial charge on any atom is 0.115 e. The van der Waals surface area contributed by atoms with Crippen molar-refractivity contribution in [2.45, 2.75) is 111 Å². The van der Waals surface area contributed by atoms with E-state index in [1.54, 1.807) is 12.1 Å². The first-order chi connectivity index (χ1) is 21.4. The molecule has 0 spiro atoms. The summed E-state index contributed by atoms with van der Waals surface area (Å²) >= 11 is 0. The molecule has 0 bridgehead atoms. The second-order valence-electron chi connectivity index (χ2n) is 17.7.